The van der Waals surface area contributed by atoms with Crippen molar-refractivity contribution < 1.29 is 9.59 Å². The average molecular weight is 377 g/mol. The van der Waals surface area contributed by atoms with Gasteiger partial charge in [0.05, 0.1) is 12.1 Å². The van der Waals surface area contributed by atoms with Crippen molar-refractivity contribution in [3.8, 4) is 0 Å². The molecule has 2 fully saturated rings. The Labute approximate surface area is 166 Å². The Hall–Kier alpha value is -2.66. The number of aryl methyl sites for hydroxylation is 1. The molecule has 0 aromatic heterocycles. The van der Waals surface area contributed by atoms with E-state index in [2.05, 4.69) is 41.0 Å². The van der Waals surface area contributed by atoms with E-state index in [1.807, 2.05) is 37.3 Å². The van der Waals surface area contributed by atoms with Crippen LogP contribution in [0.4, 0.5) is 5.69 Å². The number of rotatable bonds is 4. The van der Waals surface area contributed by atoms with Crippen LogP contribution in [0.15, 0.2) is 54.6 Å². The van der Waals surface area contributed by atoms with Crippen LogP contribution in [-0.2, 0) is 15.0 Å². The summed E-state index contributed by atoms with van der Waals surface area (Å²) in [7, 11) is 0. The van der Waals surface area contributed by atoms with Crippen molar-refractivity contribution >= 4 is 17.5 Å². The predicted molar refractivity (Wildman–Crippen MR) is 110 cm³/mol. The van der Waals surface area contributed by atoms with Crippen LogP contribution in [0.5, 0.6) is 0 Å². The van der Waals surface area contributed by atoms with Crippen LogP contribution < -0.4 is 4.90 Å². The standard InChI is InChI=1S/C23H27N3O2/c1-18-8-6-7-11-20(18)25-14-12-24(13-15-25)17-26-21(27)16-23(2,22(26)28)19-9-4-3-5-10-19/h3-11H,12-17H2,1-2H3. The van der Waals surface area contributed by atoms with Gasteiger partial charge in [-0.3, -0.25) is 19.4 Å². The Kier molecular flexibility index (Phi) is 4.94. The Balaban J connectivity index is 1.41. The molecule has 0 spiro atoms. The zero-order chi connectivity index (χ0) is 19.7. The molecule has 2 aromatic rings. The van der Waals surface area contributed by atoms with Crippen molar-refractivity contribution in [2.75, 3.05) is 37.7 Å². The number of para-hydroxylation sites is 1. The van der Waals surface area contributed by atoms with Crippen molar-refractivity contribution in [2.24, 2.45) is 0 Å². The van der Waals surface area contributed by atoms with Crippen molar-refractivity contribution in [3.05, 3.63) is 65.7 Å². The second-order valence-corrected chi connectivity index (χ2v) is 8.03. The van der Waals surface area contributed by atoms with Crippen LogP contribution in [0.2, 0.25) is 0 Å². The maximum absolute atomic E-state index is 13.1. The van der Waals surface area contributed by atoms with Gasteiger partial charge in [-0.1, -0.05) is 48.5 Å². The van der Waals surface area contributed by atoms with Gasteiger partial charge >= 0.3 is 0 Å². The van der Waals surface area contributed by atoms with Crippen LogP contribution in [0.3, 0.4) is 0 Å². The number of carbonyl (C=O) groups is 2. The molecule has 2 aliphatic heterocycles. The minimum absolute atomic E-state index is 0.0716. The van der Waals surface area contributed by atoms with E-state index in [0.717, 1.165) is 31.7 Å². The summed E-state index contributed by atoms with van der Waals surface area (Å²) < 4.78 is 0. The highest BCUT2D eigenvalue weighted by Crippen LogP contribution is 2.36. The van der Waals surface area contributed by atoms with Gasteiger partial charge in [-0.15, -0.1) is 0 Å². The first kappa shape index (κ1) is 18.7. The summed E-state index contributed by atoms with van der Waals surface area (Å²) in [4.78, 5) is 31.8. The fourth-order valence-corrected chi connectivity index (χ4v) is 4.31. The summed E-state index contributed by atoms with van der Waals surface area (Å²) in [5.41, 5.74) is 2.72. The van der Waals surface area contributed by atoms with E-state index in [4.69, 9.17) is 0 Å². The van der Waals surface area contributed by atoms with Crippen LogP contribution in [-0.4, -0.2) is 54.5 Å². The zero-order valence-electron chi connectivity index (χ0n) is 16.6. The molecular formula is C23H27N3O2. The molecule has 0 aliphatic carbocycles. The van der Waals surface area contributed by atoms with E-state index in [-0.39, 0.29) is 18.2 Å². The largest absolute Gasteiger partial charge is 0.369 e. The number of amides is 2. The smallest absolute Gasteiger partial charge is 0.241 e. The van der Waals surface area contributed by atoms with E-state index in [0.29, 0.717) is 6.67 Å². The number of nitrogens with zero attached hydrogens (tertiary/aromatic N) is 3. The summed E-state index contributed by atoms with van der Waals surface area (Å²) >= 11 is 0. The lowest BCUT2D eigenvalue weighted by molar-refractivity contribution is -0.142. The predicted octanol–water partition coefficient (Wildman–Crippen LogP) is 2.79. The van der Waals surface area contributed by atoms with Gasteiger partial charge < -0.3 is 4.90 Å². The second kappa shape index (κ2) is 7.40. The van der Waals surface area contributed by atoms with E-state index in [1.165, 1.54) is 16.2 Å². The van der Waals surface area contributed by atoms with Crippen molar-refractivity contribution in [1.82, 2.24) is 9.80 Å². The molecule has 1 unspecified atom stereocenters. The van der Waals surface area contributed by atoms with E-state index >= 15 is 0 Å². The molecule has 28 heavy (non-hydrogen) atoms. The molecule has 2 amide bonds. The number of piperazine rings is 1. The first-order chi connectivity index (χ1) is 13.5. The molecule has 0 bridgehead atoms. The molecule has 2 heterocycles. The highest BCUT2D eigenvalue weighted by molar-refractivity contribution is 6.08. The van der Waals surface area contributed by atoms with Crippen LogP contribution in [0.1, 0.15) is 24.5 Å². The van der Waals surface area contributed by atoms with Gasteiger partial charge in [0.15, 0.2) is 0 Å². The minimum atomic E-state index is -0.749. The maximum atomic E-state index is 13.1. The third-order valence-corrected chi connectivity index (χ3v) is 6.10. The van der Waals surface area contributed by atoms with Crippen molar-refractivity contribution in [1.29, 1.82) is 0 Å². The van der Waals surface area contributed by atoms with E-state index in [9.17, 15) is 9.59 Å². The molecule has 4 rings (SSSR count). The van der Waals surface area contributed by atoms with Gasteiger partial charge in [-0.25, -0.2) is 0 Å². The zero-order valence-corrected chi connectivity index (χ0v) is 16.6. The number of carbonyl (C=O) groups excluding carboxylic acids is 2. The molecule has 2 aliphatic rings. The molecule has 1 atom stereocenters. The van der Waals surface area contributed by atoms with Gasteiger partial charge in [0.1, 0.15) is 0 Å². The topological polar surface area (TPSA) is 43.9 Å². The molecule has 2 aromatic carbocycles. The number of anilines is 1. The summed E-state index contributed by atoms with van der Waals surface area (Å²) in [6, 6.07) is 18.1. The number of hydrogen-bond donors (Lipinski definition) is 0. The summed E-state index contributed by atoms with van der Waals surface area (Å²) in [6.45, 7) is 7.89. The molecule has 2 saturated heterocycles. The average Bonchev–Trinajstić information content (AvgIpc) is 2.94. The number of benzene rings is 2. The van der Waals surface area contributed by atoms with Gasteiger partial charge in [-0.05, 0) is 31.0 Å². The first-order valence-electron chi connectivity index (χ1n) is 9.92. The fraction of sp³-hybridized carbons (Fsp3) is 0.391. The van der Waals surface area contributed by atoms with Gasteiger partial charge in [0.2, 0.25) is 11.8 Å². The Bertz CT molecular complexity index is 874. The fourth-order valence-electron chi connectivity index (χ4n) is 4.31. The Morgan fingerprint density at radius 2 is 1.54 bits per heavy atom. The van der Waals surface area contributed by atoms with Crippen LogP contribution in [0.25, 0.3) is 0 Å². The van der Waals surface area contributed by atoms with Crippen molar-refractivity contribution in [3.63, 3.8) is 0 Å². The lowest BCUT2D eigenvalue weighted by Crippen LogP contribution is -2.52. The summed E-state index contributed by atoms with van der Waals surface area (Å²) in [5, 5.41) is 0. The highest BCUT2D eigenvalue weighted by atomic mass is 16.2. The lowest BCUT2D eigenvalue weighted by atomic mass is 9.81. The Morgan fingerprint density at radius 1 is 0.893 bits per heavy atom. The summed E-state index contributed by atoms with van der Waals surface area (Å²) in [6.07, 6.45) is 0.249. The third-order valence-electron chi connectivity index (χ3n) is 6.10. The quantitative estimate of drug-likeness (QED) is 0.769. The van der Waals surface area contributed by atoms with Crippen LogP contribution in [0, 0.1) is 6.92 Å². The van der Waals surface area contributed by atoms with Gasteiger partial charge in [0, 0.05) is 38.3 Å². The van der Waals surface area contributed by atoms with Gasteiger partial charge in [0.25, 0.3) is 0 Å². The minimum Gasteiger partial charge on any atom is -0.369 e. The van der Waals surface area contributed by atoms with E-state index in [1.54, 1.807) is 0 Å². The lowest BCUT2D eigenvalue weighted by Gasteiger charge is -2.38. The molecule has 0 radical (unpaired) electrons. The molecular weight excluding hydrogens is 350 g/mol. The van der Waals surface area contributed by atoms with Crippen molar-refractivity contribution in [2.45, 2.75) is 25.7 Å². The first-order valence-corrected chi connectivity index (χ1v) is 9.92. The third kappa shape index (κ3) is 3.31. The number of likely N-dealkylation sites (tertiary alicyclic amines) is 1. The number of imide groups is 1. The normalized spacial score (nSPS) is 23.5. The Morgan fingerprint density at radius 3 is 2.21 bits per heavy atom. The number of hydrogen-bond acceptors (Lipinski definition) is 4. The van der Waals surface area contributed by atoms with Gasteiger partial charge in [-0.2, -0.15) is 0 Å². The second-order valence-electron chi connectivity index (χ2n) is 8.03. The molecule has 0 N–H and O–H groups in total. The molecule has 0 saturated carbocycles. The highest BCUT2D eigenvalue weighted by Gasteiger charge is 2.49. The molecule has 5 nitrogen and oxygen atoms in total. The molecule has 146 valence electrons. The monoisotopic (exact) mass is 377 g/mol. The molecule has 5 heteroatoms. The SMILES string of the molecule is Cc1ccccc1N1CCN(CN2C(=O)CC(C)(c3ccccc3)C2=O)CC1. The maximum Gasteiger partial charge on any atom is 0.241 e. The summed E-state index contributed by atoms with van der Waals surface area (Å²) in [5.74, 6) is -0.150. The van der Waals surface area contributed by atoms with Crippen LogP contribution >= 0.6 is 0 Å². The van der Waals surface area contributed by atoms with E-state index < -0.39 is 5.41 Å².